The Labute approximate surface area is 265 Å². The minimum atomic E-state index is -1.36. The van der Waals surface area contributed by atoms with Crippen molar-refractivity contribution in [1.82, 2.24) is 13.7 Å². The summed E-state index contributed by atoms with van der Waals surface area (Å²) in [7, 11) is 0. The van der Waals surface area contributed by atoms with Gasteiger partial charge in [-0.15, -0.1) is 0 Å². The van der Waals surface area contributed by atoms with E-state index < -0.39 is 17.1 Å². The molecule has 0 spiro atoms. The number of aliphatic imine (C=N–C) groups is 6. The average Bonchev–Trinajstić information content (AvgIpc) is 3.04. The molecule has 0 fully saturated rings. The lowest BCUT2D eigenvalue weighted by atomic mass is 10.1. The Kier molecular flexibility index (Phi) is 9.68. The molecule has 18 nitrogen and oxygen atoms in total. The second-order valence-electron chi connectivity index (χ2n) is 9.40. The Balaban J connectivity index is 2.35. The summed E-state index contributed by atoms with van der Waals surface area (Å²) in [4.78, 5) is 131. The first-order valence-corrected chi connectivity index (χ1v) is 13.0. The highest BCUT2D eigenvalue weighted by Gasteiger charge is 2.23. The number of rotatable bonds is 9. The van der Waals surface area contributed by atoms with Crippen LogP contribution in [0.1, 0.15) is 16.7 Å². The van der Waals surface area contributed by atoms with Crippen molar-refractivity contribution in [2.45, 2.75) is 20.8 Å². The van der Waals surface area contributed by atoms with Gasteiger partial charge in [0.25, 0.3) is 0 Å². The summed E-state index contributed by atoms with van der Waals surface area (Å²) in [5.41, 5.74) is -5.74. The van der Waals surface area contributed by atoms with Crippen molar-refractivity contribution in [3.05, 3.63) is 84.5 Å². The van der Waals surface area contributed by atoms with Crippen LogP contribution in [0.5, 0.6) is 0 Å². The molecule has 0 N–H and O–H groups in total. The van der Waals surface area contributed by atoms with Crippen LogP contribution in [0.3, 0.4) is 0 Å². The lowest BCUT2D eigenvalue weighted by Crippen LogP contribution is -2.52. The monoisotopic (exact) mass is 645 g/mol. The molecule has 0 amide bonds. The van der Waals surface area contributed by atoms with Crippen LogP contribution in [0.15, 0.2) is 80.7 Å². The van der Waals surface area contributed by atoms with Crippen LogP contribution in [0.25, 0.3) is 17.1 Å². The SMILES string of the molecule is Cc1c(N=C=O)cc(-n2c(=O)n(-c3cc(N=C=O)c(C)c(N=C=O)c3)c(=O)n(-c3cc(N=C=O)c(C)c(N=C=O)c3)c2=O)cc1N=C=O. The van der Waals surface area contributed by atoms with Crippen molar-refractivity contribution in [3.63, 3.8) is 0 Å². The molecule has 0 saturated heterocycles. The van der Waals surface area contributed by atoms with Crippen LogP contribution >= 0.6 is 0 Å². The Morgan fingerprint density at radius 1 is 0.375 bits per heavy atom. The molecule has 1 aromatic heterocycles. The zero-order valence-corrected chi connectivity index (χ0v) is 24.7. The summed E-state index contributed by atoms with van der Waals surface area (Å²) in [5.74, 6) is 0. The van der Waals surface area contributed by atoms with Crippen molar-refractivity contribution in [2.24, 2.45) is 30.0 Å². The lowest BCUT2D eigenvalue weighted by Gasteiger charge is -2.17. The summed E-state index contributed by atoms with van der Waals surface area (Å²) in [6, 6.07) is 6.53. The minimum absolute atomic E-state index is 0.157. The number of carbonyl (C=O) groups excluding carboxylic acids is 6. The van der Waals surface area contributed by atoms with E-state index in [0.29, 0.717) is 13.7 Å². The maximum absolute atomic E-state index is 14.2. The normalized spacial score (nSPS) is 9.81. The van der Waals surface area contributed by atoms with Gasteiger partial charge in [0.05, 0.1) is 51.2 Å². The minimum Gasteiger partial charge on any atom is -0.246 e. The van der Waals surface area contributed by atoms with Gasteiger partial charge in [-0.3, -0.25) is 0 Å². The van der Waals surface area contributed by atoms with Crippen molar-refractivity contribution in [3.8, 4) is 17.1 Å². The Bertz CT molecular complexity index is 2110. The number of benzene rings is 3. The Hall–Kier alpha value is -7.65. The molecular weight excluding hydrogens is 630 g/mol. The summed E-state index contributed by atoms with van der Waals surface area (Å²) in [6.45, 7) is 4.26. The van der Waals surface area contributed by atoms with Crippen LogP contribution < -0.4 is 17.1 Å². The van der Waals surface area contributed by atoms with Gasteiger partial charge in [0.15, 0.2) is 0 Å². The zero-order chi connectivity index (χ0) is 35.1. The fourth-order valence-corrected chi connectivity index (χ4v) is 4.60. The van der Waals surface area contributed by atoms with E-state index in [2.05, 4.69) is 30.0 Å². The third-order valence-electron chi connectivity index (χ3n) is 6.93. The van der Waals surface area contributed by atoms with Gasteiger partial charge in [-0.2, -0.15) is 30.0 Å². The van der Waals surface area contributed by atoms with Gasteiger partial charge in [0, 0.05) is 16.7 Å². The molecule has 0 unspecified atom stereocenters. The number of nitrogens with zero attached hydrogens (tertiary/aromatic N) is 9. The summed E-state index contributed by atoms with van der Waals surface area (Å²) < 4.78 is 1.31. The van der Waals surface area contributed by atoms with Crippen molar-refractivity contribution < 1.29 is 28.8 Å². The second-order valence-corrected chi connectivity index (χ2v) is 9.40. The third-order valence-corrected chi connectivity index (χ3v) is 6.93. The molecule has 0 bridgehead atoms. The van der Waals surface area contributed by atoms with Crippen LogP contribution in [-0.2, 0) is 28.8 Å². The van der Waals surface area contributed by atoms with Crippen LogP contribution in [0.2, 0.25) is 0 Å². The smallest absolute Gasteiger partial charge is 0.246 e. The van der Waals surface area contributed by atoms with Crippen molar-refractivity contribution in [1.29, 1.82) is 0 Å². The molecule has 18 heteroatoms. The molecule has 0 aliphatic rings. The van der Waals surface area contributed by atoms with Crippen LogP contribution in [-0.4, -0.2) is 50.2 Å². The van der Waals surface area contributed by atoms with Gasteiger partial charge < -0.3 is 0 Å². The fraction of sp³-hybridized carbons (Fsp3) is 0.100. The predicted molar refractivity (Wildman–Crippen MR) is 164 cm³/mol. The number of hydrogen-bond acceptors (Lipinski definition) is 15. The van der Waals surface area contributed by atoms with Gasteiger partial charge in [-0.05, 0) is 57.2 Å². The van der Waals surface area contributed by atoms with Gasteiger partial charge in [0.1, 0.15) is 0 Å². The highest BCUT2D eigenvalue weighted by atomic mass is 16.2. The molecule has 0 radical (unpaired) electrons. The van der Waals surface area contributed by atoms with E-state index in [1.807, 2.05) is 0 Å². The maximum Gasteiger partial charge on any atom is 0.345 e. The van der Waals surface area contributed by atoms with Gasteiger partial charge >= 0.3 is 17.1 Å². The zero-order valence-electron chi connectivity index (χ0n) is 24.7. The predicted octanol–water partition coefficient (Wildman–Crippen LogP) is 2.87. The number of aromatic nitrogens is 3. The fourth-order valence-electron chi connectivity index (χ4n) is 4.60. The molecular formula is C30H15N9O9. The molecule has 4 aromatic rings. The highest BCUT2D eigenvalue weighted by Crippen LogP contribution is 2.33. The van der Waals surface area contributed by atoms with E-state index in [4.69, 9.17) is 0 Å². The molecule has 0 aliphatic carbocycles. The number of isocyanates is 6. The average molecular weight is 646 g/mol. The van der Waals surface area contributed by atoms with Crippen LogP contribution in [0, 0.1) is 20.8 Å². The van der Waals surface area contributed by atoms with Crippen molar-refractivity contribution >= 4 is 70.6 Å². The summed E-state index contributed by atoms with van der Waals surface area (Å²) >= 11 is 0. The molecule has 1 heterocycles. The molecule has 48 heavy (non-hydrogen) atoms. The standard InChI is InChI=1S/C30H15N9O9/c1-16-22(31-10-40)4-19(5-23(16)32-11-41)37-28(46)38(20-6-24(33-12-42)17(2)25(7-20)34-13-43)30(48)39(29(37)47)21-8-26(35-14-44)18(3)27(9-21)36-15-45/h4-9H,1-3H3. The summed E-state index contributed by atoms with van der Waals surface area (Å²) in [5, 5.41) is 0. The number of hydrogen-bond donors (Lipinski definition) is 0. The highest BCUT2D eigenvalue weighted by molar-refractivity contribution is 5.72. The molecule has 4 rings (SSSR count). The van der Waals surface area contributed by atoms with E-state index in [-0.39, 0.29) is 67.9 Å². The van der Waals surface area contributed by atoms with Gasteiger partial charge in [-0.1, -0.05) is 0 Å². The van der Waals surface area contributed by atoms with Gasteiger partial charge in [0.2, 0.25) is 36.5 Å². The van der Waals surface area contributed by atoms with E-state index in [1.54, 1.807) is 0 Å². The quantitative estimate of drug-likeness (QED) is 0.192. The molecule has 234 valence electrons. The topological polar surface area (TPSA) is 243 Å². The summed E-state index contributed by atoms with van der Waals surface area (Å²) in [6.07, 6.45) is 7.86. The molecule has 0 saturated carbocycles. The van der Waals surface area contributed by atoms with E-state index in [0.717, 1.165) is 36.4 Å². The largest absolute Gasteiger partial charge is 0.345 e. The van der Waals surface area contributed by atoms with E-state index in [9.17, 15) is 43.2 Å². The van der Waals surface area contributed by atoms with E-state index >= 15 is 0 Å². The first-order valence-electron chi connectivity index (χ1n) is 13.0. The molecule has 0 aliphatic heterocycles. The first kappa shape index (κ1) is 33.2. The Morgan fingerprint density at radius 2 is 0.542 bits per heavy atom. The maximum atomic E-state index is 14.2. The van der Waals surface area contributed by atoms with Gasteiger partial charge in [-0.25, -0.2) is 56.9 Å². The molecule has 3 aromatic carbocycles. The third kappa shape index (κ3) is 6.01. The van der Waals surface area contributed by atoms with Crippen molar-refractivity contribution in [2.75, 3.05) is 0 Å². The second kappa shape index (κ2) is 14.0. The molecule has 0 atom stereocenters. The first-order chi connectivity index (χ1) is 23.1. The van der Waals surface area contributed by atoms with Crippen LogP contribution in [0.4, 0.5) is 34.1 Å². The van der Waals surface area contributed by atoms with E-state index in [1.165, 1.54) is 57.3 Å². The Morgan fingerprint density at radius 3 is 0.688 bits per heavy atom. The lowest BCUT2D eigenvalue weighted by molar-refractivity contribution is 0.564.